The molecule has 0 aromatic carbocycles. The second kappa shape index (κ2) is 4.31. The first kappa shape index (κ1) is 10.6. The van der Waals surface area contributed by atoms with E-state index in [-0.39, 0.29) is 0 Å². The van der Waals surface area contributed by atoms with Crippen molar-refractivity contribution in [1.82, 2.24) is 20.1 Å². The highest BCUT2D eigenvalue weighted by atomic mass is 15.3. The Hall–Kier alpha value is -0.900. The fraction of sp³-hybridized carbons (Fsp3) is 0.818. The topological polar surface area (TPSA) is 42.7 Å². The summed E-state index contributed by atoms with van der Waals surface area (Å²) in [5, 5.41) is 11.9. The summed E-state index contributed by atoms with van der Waals surface area (Å²) in [6.07, 6.45) is 3.57. The maximum absolute atomic E-state index is 4.27. The number of nitrogens with one attached hydrogen (secondary N) is 1. The van der Waals surface area contributed by atoms with Crippen molar-refractivity contribution in [2.45, 2.75) is 52.1 Å². The molecule has 1 aliphatic rings. The molecule has 1 aromatic rings. The minimum Gasteiger partial charge on any atom is -0.314 e. The lowest BCUT2D eigenvalue weighted by atomic mass is 10.1. The van der Waals surface area contributed by atoms with Gasteiger partial charge in [-0.05, 0) is 40.2 Å². The van der Waals surface area contributed by atoms with Crippen LogP contribution in [0, 0.1) is 6.92 Å². The molecule has 0 amide bonds. The first-order valence-corrected chi connectivity index (χ1v) is 5.82. The molecule has 0 saturated carbocycles. The van der Waals surface area contributed by atoms with Crippen molar-refractivity contribution in [2.75, 3.05) is 6.54 Å². The van der Waals surface area contributed by atoms with Crippen molar-refractivity contribution < 1.29 is 0 Å². The number of nitrogens with zero attached hydrogens (tertiary/aromatic N) is 3. The summed E-state index contributed by atoms with van der Waals surface area (Å²) in [6, 6.07) is 1.06. The predicted octanol–water partition coefficient (Wildman–Crippen LogP) is 1.46. The van der Waals surface area contributed by atoms with Crippen molar-refractivity contribution in [2.24, 2.45) is 0 Å². The van der Waals surface area contributed by atoms with Crippen LogP contribution in [-0.2, 0) is 6.42 Å². The lowest BCUT2D eigenvalue weighted by molar-refractivity contribution is 0.514. The Kier molecular flexibility index (Phi) is 3.05. The number of aryl methyl sites for hydroxylation is 1. The molecule has 4 heteroatoms. The van der Waals surface area contributed by atoms with E-state index in [9.17, 15) is 0 Å². The van der Waals surface area contributed by atoms with Gasteiger partial charge in [0.15, 0.2) is 0 Å². The van der Waals surface area contributed by atoms with Crippen LogP contribution in [0.25, 0.3) is 0 Å². The van der Waals surface area contributed by atoms with Crippen LogP contribution in [0.4, 0.5) is 0 Å². The summed E-state index contributed by atoms with van der Waals surface area (Å²) in [5.41, 5.74) is 0. The minimum atomic E-state index is 0.455. The van der Waals surface area contributed by atoms with E-state index < -0.39 is 0 Å². The zero-order valence-corrected chi connectivity index (χ0v) is 9.82. The van der Waals surface area contributed by atoms with Gasteiger partial charge in [-0.2, -0.15) is 0 Å². The lowest BCUT2D eigenvalue weighted by Crippen LogP contribution is -2.25. The predicted molar refractivity (Wildman–Crippen MR) is 59.9 cm³/mol. The van der Waals surface area contributed by atoms with E-state index in [1.165, 1.54) is 12.8 Å². The first-order chi connectivity index (χ1) is 7.18. The molecule has 1 unspecified atom stereocenters. The van der Waals surface area contributed by atoms with Crippen LogP contribution in [0.15, 0.2) is 0 Å². The highest BCUT2D eigenvalue weighted by molar-refractivity contribution is 4.99. The molecule has 4 nitrogen and oxygen atoms in total. The average molecular weight is 208 g/mol. The Morgan fingerprint density at radius 2 is 2.27 bits per heavy atom. The molecular formula is C11H20N4. The highest BCUT2D eigenvalue weighted by Gasteiger charge is 2.19. The van der Waals surface area contributed by atoms with Gasteiger partial charge in [0.2, 0.25) is 0 Å². The third kappa shape index (κ3) is 2.20. The van der Waals surface area contributed by atoms with E-state index in [2.05, 4.69) is 33.9 Å². The molecular weight excluding hydrogens is 188 g/mol. The summed E-state index contributed by atoms with van der Waals surface area (Å²) >= 11 is 0. The SMILES string of the molecule is Cc1nnc(CC2CCCN2)n1C(C)C. The number of aromatic nitrogens is 3. The van der Waals surface area contributed by atoms with Gasteiger partial charge in [0, 0.05) is 18.5 Å². The van der Waals surface area contributed by atoms with Gasteiger partial charge in [-0.25, -0.2) is 0 Å². The summed E-state index contributed by atoms with van der Waals surface area (Å²) in [4.78, 5) is 0. The second-order valence-electron chi connectivity index (χ2n) is 4.62. The number of hydrogen-bond acceptors (Lipinski definition) is 3. The van der Waals surface area contributed by atoms with E-state index >= 15 is 0 Å². The van der Waals surface area contributed by atoms with Gasteiger partial charge in [0.05, 0.1) is 0 Å². The molecule has 1 aliphatic heterocycles. The minimum absolute atomic E-state index is 0.455. The molecule has 0 radical (unpaired) electrons. The average Bonchev–Trinajstić information content (AvgIpc) is 2.76. The van der Waals surface area contributed by atoms with Crippen molar-refractivity contribution in [3.8, 4) is 0 Å². The summed E-state index contributed by atoms with van der Waals surface area (Å²) in [5.74, 6) is 2.15. The van der Waals surface area contributed by atoms with Crippen LogP contribution in [-0.4, -0.2) is 27.4 Å². The molecule has 1 atom stereocenters. The Bertz CT molecular complexity index is 323. The molecule has 0 bridgehead atoms. The molecule has 0 spiro atoms. The third-order valence-electron chi connectivity index (χ3n) is 3.04. The second-order valence-corrected chi connectivity index (χ2v) is 4.62. The van der Waals surface area contributed by atoms with E-state index in [1.807, 2.05) is 6.92 Å². The molecule has 0 aliphatic carbocycles. The molecule has 1 saturated heterocycles. The highest BCUT2D eigenvalue weighted by Crippen LogP contribution is 2.15. The summed E-state index contributed by atoms with van der Waals surface area (Å²) < 4.78 is 2.24. The molecule has 84 valence electrons. The van der Waals surface area contributed by atoms with E-state index in [0.29, 0.717) is 12.1 Å². The van der Waals surface area contributed by atoms with Crippen molar-refractivity contribution in [3.63, 3.8) is 0 Å². The third-order valence-corrected chi connectivity index (χ3v) is 3.04. The monoisotopic (exact) mass is 208 g/mol. The normalized spacial score (nSPS) is 21.5. The fourth-order valence-electron chi connectivity index (χ4n) is 2.38. The van der Waals surface area contributed by atoms with Crippen LogP contribution in [0.5, 0.6) is 0 Å². The van der Waals surface area contributed by atoms with Crippen LogP contribution >= 0.6 is 0 Å². The Morgan fingerprint density at radius 3 is 2.87 bits per heavy atom. The molecule has 15 heavy (non-hydrogen) atoms. The molecule has 2 rings (SSSR count). The van der Waals surface area contributed by atoms with Gasteiger partial charge in [0.1, 0.15) is 11.6 Å². The summed E-state index contributed by atoms with van der Waals surface area (Å²) in [7, 11) is 0. The fourth-order valence-corrected chi connectivity index (χ4v) is 2.38. The Balaban J connectivity index is 2.13. The number of rotatable bonds is 3. The van der Waals surface area contributed by atoms with Crippen LogP contribution in [0.1, 0.15) is 44.4 Å². The Morgan fingerprint density at radius 1 is 1.47 bits per heavy atom. The summed E-state index contributed by atoms with van der Waals surface area (Å²) in [6.45, 7) is 7.54. The van der Waals surface area contributed by atoms with Gasteiger partial charge < -0.3 is 9.88 Å². The first-order valence-electron chi connectivity index (χ1n) is 5.82. The zero-order valence-electron chi connectivity index (χ0n) is 9.82. The van der Waals surface area contributed by atoms with Crippen molar-refractivity contribution >= 4 is 0 Å². The van der Waals surface area contributed by atoms with E-state index in [0.717, 1.165) is 24.6 Å². The molecule has 1 fully saturated rings. The van der Waals surface area contributed by atoms with Crippen molar-refractivity contribution in [3.05, 3.63) is 11.6 Å². The maximum atomic E-state index is 4.27. The van der Waals surface area contributed by atoms with E-state index in [4.69, 9.17) is 0 Å². The van der Waals surface area contributed by atoms with Crippen molar-refractivity contribution in [1.29, 1.82) is 0 Å². The van der Waals surface area contributed by atoms with Gasteiger partial charge in [-0.15, -0.1) is 10.2 Å². The largest absolute Gasteiger partial charge is 0.314 e. The van der Waals surface area contributed by atoms with Gasteiger partial charge in [-0.1, -0.05) is 0 Å². The maximum Gasteiger partial charge on any atom is 0.134 e. The van der Waals surface area contributed by atoms with Crippen LogP contribution in [0.2, 0.25) is 0 Å². The van der Waals surface area contributed by atoms with Gasteiger partial charge >= 0.3 is 0 Å². The molecule has 1 N–H and O–H groups in total. The quantitative estimate of drug-likeness (QED) is 0.817. The molecule has 1 aromatic heterocycles. The zero-order chi connectivity index (χ0) is 10.8. The van der Waals surface area contributed by atoms with Gasteiger partial charge in [-0.3, -0.25) is 0 Å². The standard InChI is InChI=1S/C11H20N4/c1-8(2)15-9(3)13-14-11(15)7-10-5-4-6-12-10/h8,10,12H,4-7H2,1-3H3. The van der Waals surface area contributed by atoms with Gasteiger partial charge in [0.25, 0.3) is 0 Å². The van der Waals surface area contributed by atoms with Crippen LogP contribution < -0.4 is 5.32 Å². The number of hydrogen-bond donors (Lipinski definition) is 1. The van der Waals surface area contributed by atoms with E-state index in [1.54, 1.807) is 0 Å². The smallest absolute Gasteiger partial charge is 0.134 e. The lowest BCUT2D eigenvalue weighted by Gasteiger charge is -2.15. The Labute approximate surface area is 91.1 Å². The van der Waals surface area contributed by atoms with Crippen LogP contribution in [0.3, 0.4) is 0 Å². The molecule has 2 heterocycles.